The van der Waals surface area contributed by atoms with Crippen LogP contribution in [-0.4, -0.2) is 26.2 Å². The summed E-state index contributed by atoms with van der Waals surface area (Å²) in [4.78, 5) is 0.271. The van der Waals surface area contributed by atoms with E-state index in [4.69, 9.17) is 5.11 Å². The molecule has 90 valence electrons. The van der Waals surface area contributed by atoms with Gasteiger partial charge in [0.05, 0.1) is 11.5 Å². The highest BCUT2D eigenvalue weighted by Gasteiger charge is 2.18. The average molecular weight is 243 g/mol. The van der Waals surface area contributed by atoms with Crippen molar-refractivity contribution in [1.82, 2.24) is 4.72 Å². The molecule has 16 heavy (non-hydrogen) atoms. The normalized spacial score (nSPS) is 13.8. The highest BCUT2D eigenvalue weighted by Crippen LogP contribution is 2.16. The van der Waals surface area contributed by atoms with Crippen molar-refractivity contribution in [3.8, 4) is 0 Å². The van der Waals surface area contributed by atoms with Gasteiger partial charge in [0.15, 0.2) is 0 Å². The van der Waals surface area contributed by atoms with Gasteiger partial charge in [0, 0.05) is 6.04 Å². The van der Waals surface area contributed by atoms with Crippen molar-refractivity contribution in [3.63, 3.8) is 0 Å². The zero-order valence-electron chi connectivity index (χ0n) is 9.69. The Hall–Kier alpha value is -0.910. The Bertz CT molecular complexity index is 468. The first-order valence-corrected chi connectivity index (χ1v) is 6.55. The van der Waals surface area contributed by atoms with E-state index in [2.05, 4.69) is 4.72 Å². The molecule has 0 bridgehead atoms. The minimum absolute atomic E-state index is 0.218. The molecule has 1 aromatic rings. The number of sulfonamides is 1. The summed E-state index contributed by atoms with van der Waals surface area (Å²) in [6.45, 7) is 4.98. The van der Waals surface area contributed by atoms with E-state index >= 15 is 0 Å². The lowest BCUT2D eigenvalue weighted by atomic mass is 10.2. The Labute approximate surface area is 96.4 Å². The number of hydrogen-bond acceptors (Lipinski definition) is 3. The number of aliphatic hydroxyl groups excluding tert-OH is 1. The van der Waals surface area contributed by atoms with E-state index in [0.717, 1.165) is 5.56 Å². The molecule has 0 aliphatic carbocycles. The molecule has 0 aromatic heterocycles. The smallest absolute Gasteiger partial charge is 0.241 e. The second kappa shape index (κ2) is 4.95. The molecule has 1 unspecified atom stereocenters. The lowest BCUT2D eigenvalue weighted by Gasteiger charge is -2.13. The van der Waals surface area contributed by atoms with Crippen LogP contribution in [0.2, 0.25) is 0 Å². The summed E-state index contributed by atoms with van der Waals surface area (Å²) in [6, 6.07) is 4.78. The van der Waals surface area contributed by atoms with Gasteiger partial charge >= 0.3 is 0 Å². The van der Waals surface area contributed by atoms with Gasteiger partial charge in [-0.25, -0.2) is 13.1 Å². The average Bonchev–Trinajstić information content (AvgIpc) is 2.20. The zero-order valence-corrected chi connectivity index (χ0v) is 10.5. The molecule has 0 aliphatic rings. The molecular weight excluding hydrogens is 226 g/mol. The highest BCUT2D eigenvalue weighted by atomic mass is 32.2. The zero-order chi connectivity index (χ0) is 12.3. The van der Waals surface area contributed by atoms with Gasteiger partial charge in [-0.3, -0.25) is 0 Å². The first-order valence-electron chi connectivity index (χ1n) is 5.07. The van der Waals surface area contributed by atoms with E-state index in [1.54, 1.807) is 26.0 Å². The summed E-state index contributed by atoms with van der Waals surface area (Å²) < 4.78 is 26.3. The fourth-order valence-corrected chi connectivity index (χ4v) is 2.93. The molecule has 0 radical (unpaired) electrons. The summed E-state index contributed by atoms with van der Waals surface area (Å²) in [7, 11) is -3.53. The van der Waals surface area contributed by atoms with Crippen LogP contribution in [0, 0.1) is 13.8 Å². The lowest BCUT2D eigenvalue weighted by Crippen LogP contribution is -2.35. The van der Waals surface area contributed by atoms with Gasteiger partial charge in [-0.2, -0.15) is 0 Å². The number of aliphatic hydroxyl groups is 1. The SMILES string of the molecule is Cc1ccc(C)c(S(=O)(=O)NC(C)CO)c1. The van der Waals surface area contributed by atoms with Crippen molar-refractivity contribution in [2.75, 3.05) is 6.61 Å². The molecular formula is C11H17NO3S. The van der Waals surface area contributed by atoms with E-state index in [0.29, 0.717) is 5.56 Å². The van der Waals surface area contributed by atoms with Gasteiger partial charge in [0.2, 0.25) is 10.0 Å². The van der Waals surface area contributed by atoms with Crippen LogP contribution >= 0.6 is 0 Å². The van der Waals surface area contributed by atoms with Crippen molar-refractivity contribution in [3.05, 3.63) is 29.3 Å². The second-order valence-corrected chi connectivity index (χ2v) is 5.66. The summed E-state index contributed by atoms with van der Waals surface area (Å²) in [6.07, 6.45) is 0. The molecule has 5 heteroatoms. The summed E-state index contributed by atoms with van der Waals surface area (Å²) in [5.41, 5.74) is 1.59. The Morgan fingerprint density at radius 1 is 1.38 bits per heavy atom. The fraction of sp³-hybridized carbons (Fsp3) is 0.455. The third-order valence-electron chi connectivity index (χ3n) is 2.26. The Balaban J connectivity index is 3.12. The standard InChI is InChI=1S/C11H17NO3S/c1-8-4-5-9(2)11(6-8)16(14,15)12-10(3)7-13/h4-6,10,12-13H,7H2,1-3H3. The fourth-order valence-electron chi connectivity index (χ4n) is 1.36. The van der Waals surface area contributed by atoms with E-state index in [9.17, 15) is 8.42 Å². The molecule has 4 nitrogen and oxygen atoms in total. The monoisotopic (exact) mass is 243 g/mol. The maximum Gasteiger partial charge on any atom is 0.241 e. The number of nitrogens with one attached hydrogen (secondary N) is 1. The third-order valence-corrected chi connectivity index (χ3v) is 3.99. The summed E-state index contributed by atoms with van der Waals surface area (Å²) in [5, 5.41) is 8.84. The number of aryl methyl sites for hydroxylation is 2. The molecule has 0 saturated heterocycles. The number of benzene rings is 1. The largest absolute Gasteiger partial charge is 0.395 e. The van der Waals surface area contributed by atoms with E-state index in [1.807, 2.05) is 13.0 Å². The molecule has 1 rings (SSSR count). The van der Waals surface area contributed by atoms with Gasteiger partial charge in [-0.05, 0) is 38.0 Å². The Kier molecular flexibility index (Phi) is 4.07. The van der Waals surface area contributed by atoms with E-state index < -0.39 is 16.1 Å². The molecule has 0 heterocycles. The predicted molar refractivity (Wildman–Crippen MR) is 62.8 cm³/mol. The second-order valence-electron chi connectivity index (χ2n) is 3.97. The van der Waals surface area contributed by atoms with Gasteiger partial charge in [-0.15, -0.1) is 0 Å². The lowest BCUT2D eigenvalue weighted by molar-refractivity contribution is 0.265. The van der Waals surface area contributed by atoms with Crippen LogP contribution in [0.25, 0.3) is 0 Å². The topological polar surface area (TPSA) is 66.4 Å². The molecule has 1 atom stereocenters. The van der Waals surface area contributed by atoms with Crippen molar-refractivity contribution in [2.45, 2.75) is 31.7 Å². The first kappa shape index (κ1) is 13.2. The van der Waals surface area contributed by atoms with Crippen LogP contribution in [0.3, 0.4) is 0 Å². The molecule has 0 aliphatic heterocycles. The van der Waals surface area contributed by atoms with Crippen LogP contribution in [0.4, 0.5) is 0 Å². The van der Waals surface area contributed by atoms with Crippen LogP contribution in [0.5, 0.6) is 0 Å². The van der Waals surface area contributed by atoms with Crippen molar-refractivity contribution in [1.29, 1.82) is 0 Å². The number of hydrogen-bond donors (Lipinski definition) is 2. The molecule has 2 N–H and O–H groups in total. The van der Waals surface area contributed by atoms with Crippen LogP contribution < -0.4 is 4.72 Å². The Morgan fingerprint density at radius 3 is 2.56 bits per heavy atom. The van der Waals surface area contributed by atoms with Crippen molar-refractivity contribution < 1.29 is 13.5 Å². The maximum atomic E-state index is 12.0. The van der Waals surface area contributed by atoms with Gasteiger partial charge < -0.3 is 5.11 Å². The van der Waals surface area contributed by atoms with E-state index in [-0.39, 0.29) is 11.5 Å². The molecule has 0 saturated carbocycles. The van der Waals surface area contributed by atoms with E-state index in [1.165, 1.54) is 0 Å². The van der Waals surface area contributed by atoms with Gasteiger partial charge in [-0.1, -0.05) is 12.1 Å². The van der Waals surface area contributed by atoms with Gasteiger partial charge in [0.1, 0.15) is 0 Å². The van der Waals surface area contributed by atoms with Crippen LogP contribution in [0.15, 0.2) is 23.1 Å². The first-order chi connectivity index (χ1) is 7.36. The Morgan fingerprint density at radius 2 is 2.00 bits per heavy atom. The van der Waals surface area contributed by atoms with Gasteiger partial charge in [0.25, 0.3) is 0 Å². The maximum absolute atomic E-state index is 12.0. The van der Waals surface area contributed by atoms with Crippen LogP contribution in [-0.2, 0) is 10.0 Å². The van der Waals surface area contributed by atoms with Crippen molar-refractivity contribution >= 4 is 10.0 Å². The quantitative estimate of drug-likeness (QED) is 0.828. The minimum Gasteiger partial charge on any atom is -0.395 e. The molecule has 1 aromatic carbocycles. The predicted octanol–water partition coefficient (Wildman–Crippen LogP) is 0.963. The van der Waals surface area contributed by atoms with Crippen LogP contribution in [0.1, 0.15) is 18.1 Å². The molecule has 0 spiro atoms. The molecule has 0 fully saturated rings. The highest BCUT2D eigenvalue weighted by molar-refractivity contribution is 7.89. The summed E-state index contributed by atoms with van der Waals surface area (Å²) >= 11 is 0. The minimum atomic E-state index is -3.53. The van der Waals surface area contributed by atoms with Crippen molar-refractivity contribution in [2.24, 2.45) is 0 Å². The summed E-state index contributed by atoms with van der Waals surface area (Å²) in [5.74, 6) is 0. The third kappa shape index (κ3) is 3.04. The molecule has 0 amide bonds. The number of rotatable bonds is 4.